The normalized spacial score (nSPS) is 9.23. The van der Waals surface area contributed by atoms with Crippen LogP contribution in [-0.2, 0) is 11.2 Å². The molecule has 4 N–H and O–H groups in total. The van der Waals surface area contributed by atoms with E-state index < -0.39 is 5.97 Å². The Morgan fingerprint density at radius 3 is 2.85 bits per heavy atom. The molecule has 5 nitrogen and oxygen atoms in total. The van der Waals surface area contributed by atoms with Crippen molar-refractivity contribution in [2.24, 2.45) is 0 Å². The topological polar surface area (TPSA) is 92.0 Å². The van der Waals surface area contributed by atoms with E-state index in [1.165, 1.54) is 0 Å². The third-order valence-electron chi connectivity index (χ3n) is 1.47. The molecule has 0 aliphatic rings. The summed E-state index contributed by atoms with van der Waals surface area (Å²) in [5.74, 6) is -0.404. The van der Waals surface area contributed by atoms with Crippen LogP contribution in [0.25, 0.3) is 0 Å². The number of aryl methyl sites for hydroxylation is 1. The summed E-state index contributed by atoms with van der Waals surface area (Å²) in [5.41, 5.74) is 6.14. The van der Waals surface area contributed by atoms with Gasteiger partial charge >= 0.3 is 5.97 Å². The standard InChI is InChI=1S/C7H11N3O2.ClH/c8-7-9-4-5(10-7)2-1-3-6(11)12;/h4H,1-3H2,(H,11,12)(H3,8,9,10);1H. The van der Waals surface area contributed by atoms with E-state index in [4.69, 9.17) is 10.8 Å². The van der Waals surface area contributed by atoms with Crippen LogP contribution in [0.1, 0.15) is 18.5 Å². The predicted octanol–water partition coefficient (Wildman–Crippen LogP) is 0.821. The van der Waals surface area contributed by atoms with E-state index in [0.29, 0.717) is 18.8 Å². The zero-order valence-electron chi connectivity index (χ0n) is 6.99. The summed E-state index contributed by atoms with van der Waals surface area (Å²) in [4.78, 5) is 16.8. The Kier molecular flexibility index (Phi) is 4.91. The van der Waals surface area contributed by atoms with E-state index in [-0.39, 0.29) is 18.8 Å². The lowest BCUT2D eigenvalue weighted by atomic mass is 10.2. The van der Waals surface area contributed by atoms with Crippen molar-refractivity contribution in [2.45, 2.75) is 19.3 Å². The number of imidazole rings is 1. The number of nitrogens with zero attached hydrogens (tertiary/aromatic N) is 1. The van der Waals surface area contributed by atoms with Gasteiger partial charge in [-0.15, -0.1) is 12.4 Å². The van der Waals surface area contributed by atoms with Gasteiger partial charge in [-0.3, -0.25) is 4.79 Å². The number of aliphatic carboxylic acids is 1. The average molecular weight is 206 g/mol. The van der Waals surface area contributed by atoms with Gasteiger partial charge in [-0.25, -0.2) is 4.98 Å². The second-order valence-corrected chi connectivity index (χ2v) is 2.52. The quantitative estimate of drug-likeness (QED) is 0.679. The van der Waals surface area contributed by atoms with Gasteiger partial charge in [0.05, 0.1) is 5.69 Å². The van der Waals surface area contributed by atoms with Crippen LogP contribution >= 0.6 is 12.4 Å². The van der Waals surface area contributed by atoms with Gasteiger partial charge in [-0.05, 0) is 12.8 Å². The summed E-state index contributed by atoms with van der Waals surface area (Å²) in [6.45, 7) is 0. The molecule has 0 spiro atoms. The van der Waals surface area contributed by atoms with Crippen molar-refractivity contribution < 1.29 is 9.90 Å². The number of carboxylic acids is 1. The highest BCUT2D eigenvalue weighted by Gasteiger charge is 2.00. The molecular formula is C7H12ClN3O2. The molecule has 0 saturated heterocycles. The molecule has 74 valence electrons. The van der Waals surface area contributed by atoms with Gasteiger partial charge in [-0.1, -0.05) is 0 Å². The number of nitrogens with two attached hydrogens (primary N) is 1. The molecule has 0 bridgehead atoms. The lowest BCUT2D eigenvalue weighted by Crippen LogP contribution is -1.96. The molecule has 0 amide bonds. The largest absolute Gasteiger partial charge is 0.481 e. The lowest BCUT2D eigenvalue weighted by Gasteiger charge is -1.92. The summed E-state index contributed by atoms with van der Waals surface area (Å²) in [6.07, 6.45) is 3.11. The first kappa shape index (κ1) is 11.8. The first-order valence-corrected chi connectivity index (χ1v) is 3.70. The number of aromatic nitrogens is 2. The van der Waals surface area contributed by atoms with Crippen LogP contribution in [0.15, 0.2) is 6.20 Å². The van der Waals surface area contributed by atoms with Crippen LogP contribution in [0.3, 0.4) is 0 Å². The number of hydrogen-bond donors (Lipinski definition) is 3. The van der Waals surface area contributed by atoms with Crippen molar-refractivity contribution in [3.05, 3.63) is 11.9 Å². The molecule has 0 saturated carbocycles. The van der Waals surface area contributed by atoms with E-state index in [1.807, 2.05) is 0 Å². The SMILES string of the molecule is Cl.Nc1nc(CCCC(=O)O)c[nH]1. The molecule has 0 atom stereocenters. The number of hydrogen-bond acceptors (Lipinski definition) is 3. The minimum Gasteiger partial charge on any atom is -0.481 e. The summed E-state index contributed by atoms with van der Waals surface area (Å²) in [7, 11) is 0. The second kappa shape index (κ2) is 5.42. The molecule has 0 fully saturated rings. The summed E-state index contributed by atoms with van der Waals surface area (Å²) in [6, 6.07) is 0. The molecule has 0 aliphatic carbocycles. The Hall–Kier alpha value is -1.23. The van der Waals surface area contributed by atoms with Crippen molar-refractivity contribution in [2.75, 3.05) is 5.73 Å². The maximum atomic E-state index is 10.1. The Morgan fingerprint density at radius 1 is 1.69 bits per heavy atom. The molecule has 0 aromatic carbocycles. The number of nitrogen functional groups attached to an aromatic ring is 1. The third kappa shape index (κ3) is 4.37. The smallest absolute Gasteiger partial charge is 0.303 e. The van der Waals surface area contributed by atoms with Crippen molar-refractivity contribution in [1.29, 1.82) is 0 Å². The van der Waals surface area contributed by atoms with Gasteiger partial charge in [0.1, 0.15) is 0 Å². The summed E-state index contributed by atoms with van der Waals surface area (Å²) >= 11 is 0. The van der Waals surface area contributed by atoms with Crippen LogP contribution in [0.2, 0.25) is 0 Å². The molecular weight excluding hydrogens is 194 g/mol. The molecule has 13 heavy (non-hydrogen) atoms. The minimum absolute atomic E-state index is 0. The van der Waals surface area contributed by atoms with Crippen molar-refractivity contribution in [3.8, 4) is 0 Å². The highest BCUT2D eigenvalue weighted by molar-refractivity contribution is 5.85. The van der Waals surface area contributed by atoms with Crippen LogP contribution in [0.4, 0.5) is 5.95 Å². The number of carbonyl (C=O) groups is 1. The van der Waals surface area contributed by atoms with Crippen LogP contribution in [0.5, 0.6) is 0 Å². The zero-order valence-corrected chi connectivity index (χ0v) is 7.80. The molecule has 1 heterocycles. The van der Waals surface area contributed by atoms with Gasteiger partial charge in [0.2, 0.25) is 0 Å². The third-order valence-corrected chi connectivity index (χ3v) is 1.47. The van der Waals surface area contributed by atoms with E-state index in [1.54, 1.807) is 6.20 Å². The first-order valence-electron chi connectivity index (χ1n) is 3.70. The highest BCUT2D eigenvalue weighted by atomic mass is 35.5. The Balaban J connectivity index is 0.00000144. The summed E-state index contributed by atoms with van der Waals surface area (Å²) in [5, 5.41) is 8.34. The number of halogens is 1. The maximum Gasteiger partial charge on any atom is 0.303 e. The number of rotatable bonds is 4. The van der Waals surface area contributed by atoms with Gasteiger partial charge in [-0.2, -0.15) is 0 Å². The van der Waals surface area contributed by atoms with Crippen LogP contribution in [0, 0.1) is 0 Å². The average Bonchev–Trinajstić information content (AvgIpc) is 2.35. The second-order valence-electron chi connectivity index (χ2n) is 2.52. The Morgan fingerprint density at radius 2 is 2.38 bits per heavy atom. The zero-order chi connectivity index (χ0) is 8.97. The van der Waals surface area contributed by atoms with Gasteiger partial charge in [0, 0.05) is 12.6 Å². The lowest BCUT2D eigenvalue weighted by molar-refractivity contribution is -0.137. The van der Waals surface area contributed by atoms with Gasteiger partial charge < -0.3 is 15.8 Å². The van der Waals surface area contributed by atoms with Crippen LogP contribution < -0.4 is 5.73 Å². The predicted molar refractivity (Wildman–Crippen MR) is 50.8 cm³/mol. The number of H-pyrrole nitrogens is 1. The summed E-state index contributed by atoms with van der Waals surface area (Å²) < 4.78 is 0. The molecule has 0 aliphatic heterocycles. The minimum atomic E-state index is -0.779. The van der Waals surface area contributed by atoms with E-state index in [0.717, 1.165) is 5.69 Å². The first-order chi connectivity index (χ1) is 5.68. The number of anilines is 1. The maximum absolute atomic E-state index is 10.1. The Bertz CT molecular complexity index is 274. The number of carboxylic acid groups (broad SMARTS) is 1. The fraction of sp³-hybridized carbons (Fsp3) is 0.429. The monoisotopic (exact) mass is 205 g/mol. The molecule has 0 radical (unpaired) electrons. The van der Waals surface area contributed by atoms with Gasteiger partial charge in [0.25, 0.3) is 0 Å². The van der Waals surface area contributed by atoms with Crippen LogP contribution in [-0.4, -0.2) is 21.0 Å². The molecule has 1 rings (SSSR count). The molecule has 0 unspecified atom stereocenters. The number of nitrogens with one attached hydrogen (secondary N) is 1. The molecule has 6 heteroatoms. The van der Waals surface area contributed by atoms with Crippen molar-refractivity contribution >= 4 is 24.3 Å². The van der Waals surface area contributed by atoms with Gasteiger partial charge in [0.15, 0.2) is 5.95 Å². The fourth-order valence-corrected chi connectivity index (χ4v) is 0.925. The van der Waals surface area contributed by atoms with Crippen molar-refractivity contribution in [3.63, 3.8) is 0 Å². The van der Waals surface area contributed by atoms with E-state index in [2.05, 4.69) is 9.97 Å². The van der Waals surface area contributed by atoms with E-state index >= 15 is 0 Å². The fourth-order valence-electron chi connectivity index (χ4n) is 0.925. The molecule has 1 aromatic rings. The number of aromatic amines is 1. The van der Waals surface area contributed by atoms with E-state index in [9.17, 15) is 4.79 Å². The highest BCUT2D eigenvalue weighted by Crippen LogP contribution is 2.03. The van der Waals surface area contributed by atoms with Crippen molar-refractivity contribution in [1.82, 2.24) is 9.97 Å². The molecule has 1 aromatic heterocycles. The Labute approximate surface area is 81.8 Å².